The van der Waals surface area contributed by atoms with Crippen molar-refractivity contribution >= 4 is 11.7 Å². The lowest BCUT2D eigenvalue weighted by atomic mass is 9.88. The van der Waals surface area contributed by atoms with Gasteiger partial charge < -0.3 is 4.74 Å². The molecule has 1 fully saturated rings. The lowest BCUT2D eigenvalue weighted by Crippen LogP contribution is -2.74. The normalized spacial score (nSPS) is 21.4. The summed E-state index contributed by atoms with van der Waals surface area (Å²) < 4.78 is 5.90. The minimum Gasteiger partial charge on any atom is -0.420 e. The van der Waals surface area contributed by atoms with Crippen LogP contribution in [-0.2, 0) is 10.3 Å². The molecule has 1 aliphatic carbocycles. The largest absolute Gasteiger partial charge is 0.445 e. The third-order valence-electron chi connectivity index (χ3n) is 3.73. The first-order valence-electron chi connectivity index (χ1n) is 5.90. The third kappa shape index (κ3) is 1.24. The standard InChI is InChI=1S/C13H16N2O/c1-9-5-4-6-10-11(9)15-12(14)16-13(10)7-2-3-8-13/h4-6H,2-3,7-8H2,1H3,(H2,14,15)/p+1. The first-order chi connectivity index (χ1) is 7.71. The lowest BCUT2D eigenvalue weighted by Gasteiger charge is -2.32. The molecule has 3 heteroatoms. The lowest BCUT2D eigenvalue weighted by molar-refractivity contribution is -0.384. The van der Waals surface area contributed by atoms with E-state index in [9.17, 15) is 0 Å². The summed E-state index contributed by atoms with van der Waals surface area (Å²) in [6.07, 6.45) is 4.60. The highest BCUT2D eigenvalue weighted by atomic mass is 16.5. The number of aryl methyl sites for hydroxylation is 1. The monoisotopic (exact) mass is 217 g/mol. The van der Waals surface area contributed by atoms with Crippen LogP contribution >= 0.6 is 0 Å². The van der Waals surface area contributed by atoms with Crippen LogP contribution in [0.25, 0.3) is 0 Å². The van der Waals surface area contributed by atoms with Crippen molar-refractivity contribution in [3.8, 4) is 0 Å². The maximum absolute atomic E-state index is 5.90. The van der Waals surface area contributed by atoms with Gasteiger partial charge in [0.15, 0.2) is 0 Å². The van der Waals surface area contributed by atoms with E-state index in [0.717, 1.165) is 18.5 Å². The third-order valence-corrected chi connectivity index (χ3v) is 3.73. The number of hydrogen-bond acceptors (Lipinski definition) is 2. The van der Waals surface area contributed by atoms with E-state index in [0.29, 0.717) is 6.02 Å². The van der Waals surface area contributed by atoms with E-state index in [1.807, 2.05) is 0 Å². The van der Waals surface area contributed by atoms with E-state index in [-0.39, 0.29) is 5.60 Å². The van der Waals surface area contributed by atoms with Crippen molar-refractivity contribution < 1.29 is 9.73 Å². The maximum atomic E-state index is 5.90. The van der Waals surface area contributed by atoms with Crippen molar-refractivity contribution in [3.63, 3.8) is 0 Å². The van der Waals surface area contributed by atoms with Crippen molar-refractivity contribution in [2.24, 2.45) is 5.73 Å². The molecule has 3 N–H and O–H groups in total. The van der Waals surface area contributed by atoms with E-state index in [1.165, 1.54) is 24.0 Å². The van der Waals surface area contributed by atoms with Crippen LogP contribution in [0.5, 0.6) is 0 Å². The number of hydrogen-bond donors (Lipinski definition) is 2. The number of fused-ring (bicyclic) bond motifs is 2. The fourth-order valence-electron chi connectivity index (χ4n) is 2.95. The molecule has 84 valence electrons. The average Bonchev–Trinajstić information content (AvgIpc) is 2.69. The van der Waals surface area contributed by atoms with Crippen molar-refractivity contribution in [1.82, 2.24) is 0 Å². The van der Waals surface area contributed by atoms with Gasteiger partial charge in [-0.15, -0.1) is 0 Å². The Morgan fingerprint density at radius 1 is 1.31 bits per heavy atom. The molecule has 1 aromatic rings. The Labute approximate surface area is 95.3 Å². The van der Waals surface area contributed by atoms with Gasteiger partial charge in [-0.3, -0.25) is 5.73 Å². The smallest absolute Gasteiger partial charge is 0.420 e. The van der Waals surface area contributed by atoms with E-state index >= 15 is 0 Å². The molecule has 1 aliphatic heterocycles. The molecule has 3 rings (SSSR count). The molecule has 2 aliphatic rings. The van der Waals surface area contributed by atoms with Gasteiger partial charge >= 0.3 is 6.02 Å². The second-order valence-corrected chi connectivity index (χ2v) is 4.79. The summed E-state index contributed by atoms with van der Waals surface area (Å²) in [5.41, 5.74) is 9.36. The fraction of sp³-hybridized carbons (Fsp3) is 0.462. The van der Waals surface area contributed by atoms with Crippen LogP contribution in [0, 0.1) is 6.92 Å². The molecule has 1 saturated carbocycles. The van der Waals surface area contributed by atoms with Crippen LogP contribution in [0.15, 0.2) is 18.2 Å². The number of nitrogens with two attached hydrogens (primary N) is 1. The van der Waals surface area contributed by atoms with Gasteiger partial charge in [0, 0.05) is 5.56 Å². The highest BCUT2D eigenvalue weighted by Crippen LogP contribution is 2.45. The van der Waals surface area contributed by atoms with Crippen molar-refractivity contribution in [1.29, 1.82) is 0 Å². The highest BCUT2D eigenvalue weighted by molar-refractivity contribution is 5.70. The predicted octanol–water partition coefficient (Wildman–Crippen LogP) is 0.821. The summed E-state index contributed by atoms with van der Waals surface area (Å²) in [4.78, 5) is 3.15. The second-order valence-electron chi connectivity index (χ2n) is 4.79. The summed E-state index contributed by atoms with van der Waals surface area (Å²) in [6.45, 7) is 2.10. The van der Waals surface area contributed by atoms with Gasteiger partial charge in [0.25, 0.3) is 0 Å². The molecule has 0 saturated heterocycles. The first kappa shape index (κ1) is 9.70. The Bertz CT molecular complexity index is 459. The molecule has 1 heterocycles. The van der Waals surface area contributed by atoms with Crippen LogP contribution < -0.4 is 10.7 Å². The molecule has 0 atom stereocenters. The summed E-state index contributed by atoms with van der Waals surface area (Å²) in [6, 6.07) is 6.81. The number of amidine groups is 1. The van der Waals surface area contributed by atoms with E-state index in [2.05, 4.69) is 30.1 Å². The quantitative estimate of drug-likeness (QED) is 0.676. The number of rotatable bonds is 0. The summed E-state index contributed by atoms with van der Waals surface area (Å²) in [5, 5.41) is 0. The second kappa shape index (κ2) is 3.24. The maximum Gasteiger partial charge on any atom is 0.445 e. The van der Waals surface area contributed by atoms with Crippen LogP contribution in [-0.4, -0.2) is 6.02 Å². The zero-order chi connectivity index (χ0) is 11.2. The zero-order valence-corrected chi connectivity index (χ0v) is 9.55. The molecular formula is C13H17N2O+. The topological polar surface area (TPSA) is 49.2 Å². The Morgan fingerprint density at radius 3 is 2.81 bits per heavy atom. The summed E-state index contributed by atoms with van der Waals surface area (Å²) >= 11 is 0. The van der Waals surface area contributed by atoms with Gasteiger partial charge in [-0.2, -0.15) is 0 Å². The molecule has 1 aromatic carbocycles. The van der Waals surface area contributed by atoms with Crippen molar-refractivity contribution in [2.45, 2.75) is 38.2 Å². The summed E-state index contributed by atoms with van der Waals surface area (Å²) in [7, 11) is 0. The Balaban J connectivity index is 2.21. The Morgan fingerprint density at radius 2 is 2.06 bits per heavy atom. The van der Waals surface area contributed by atoms with Crippen molar-refractivity contribution in [2.75, 3.05) is 0 Å². The zero-order valence-electron chi connectivity index (χ0n) is 9.55. The SMILES string of the molecule is Cc1cccc2c1[NH+]=C(N)OC21CCCC1. The summed E-state index contributed by atoms with van der Waals surface area (Å²) in [5.74, 6) is 0. The van der Waals surface area contributed by atoms with Crippen LogP contribution in [0.3, 0.4) is 0 Å². The van der Waals surface area contributed by atoms with Gasteiger partial charge in [-0.1, -0.05) is 18.2 Å². The molecular weight excluding hydrogens is 200 g/mol. The van der Waals surface area contributed by atoms with Crippen LogP contribution in [0.1, 0.15) is 36.8 Å². The van der Waals surface area contributed by atoms with Crippen LogP contribution in [0.4, 0.5) is 5.69 Å². The molecule has 0 radical (unpaired) electrons. The van der Waals surface area contributed by atoms with E-state index < -0.39 is 0 Å². The molecule has 0 unspecified atom stereocenters. The molecule has 0 aromatic heterocycles. The van der Waals surface area contributed by atoms with Gasteiger partial charge in [-0.25, -0.2) is 4.99 Å². The number of ether oxygens (including phenoxy) is 1. The highest BCUT2D eigenvalue weighted by Gasteiger charge is 2.44. The average molecular weight is 217 g/mol. The Hall–Kier alpha value is -1.51. The van der Waals surface area contributed by atoms with Crippen molar-refractivity contribution in [3.05, 3.63) is 29.3 Å². The molecule has 16 heavy (non-hydrogen) atoms. The minimum atomic E-state index is -0.156. The minimum absolute atomic E-state index is 0.156. The van der Waals surface area contributed by atoms with E-state index in [4.69, 9.17) is 10.5 Å². The Kier molecular flexibility index (Phi) is 1.96. The predicted molar refractivity (Wildman–Crippen MR) is 62.2 cm³/mol. The van der Waals surface area contributed by atoms with Crippen LogP contribution in [0.2, 0.25) is 0 Å². The first-order valence-corrected chi connectivity index (χ1v) is 5.90. The van der Waals surface area contributed by atoms with Gasteiger partial charge in [0.2, 0.25) is 0 Å². The molecule has 0 bridgehead atoms. The van der Waals surface area contributed by atoms with Gasteiger partial charge in [-0.05, 0) is 38.2 Å². The molecule has 1 spiro atoms. The molecule has 0 amide bonds. The number of nitrogens with one attached hydrogen (secondary N) is 1. The number of benzene rings is 1. The van der Waals surface area contributed by atoms with Gasteiger partial charge in [0.1, 0.15) is 11.3 Å². The molecule has 3 nitrogen and oxygen atoms in total. The van der Waals surface area contributed by atoms with Gasteiger partial charge in [0.05, 0.1) is 0 Å². The van der Waals surface area contributed by atoms with E-state index in [1.54, 1.807) is 0 Å². The number of para-hydroxylation sites is 1. The fourth-order valence-corrected chi connectivity index (χ4v) is 2.95.